The van der Waals surface area contributed by atoms with Crippen LogP contribution in [0.4, 0.5) is 0 Å². The number of hydrogen-bond donors (Lipinski definition) is 4. The number of rotatable bonds is 5. The lowest BCUT2D eigenvalue weighted by molar-refractivity contribution is -0.0266. The van der Waals surface area contributed by atoms with Gasteiger partial charge in [0.15, 0.2) is 0 Å². The molecule has 1 aliphatic heterocycles. The molecule has 1 saturated heterocycles. The lowest BCUT2D eigenvalue weighted by Gasteiger charge is -2.35. The second-order valence-electron chi connectivity index (χ2n) is 7.38. The van der Waals surface area contributed by atoms with E-state index in [2.05, 4.69) is 22.8 Å². The van der Waals surface area contributed by atoms with E-state index in [1.807, 2.05) is 49.4 Å². The number of hydrogen-bond acceptors (Lipinski definition) is 4. The Labute approximate surface area is 166 Å². The summed E-state index contributed by atoms with van der Waals surface area (Å²) >= 11 is 0. The van der Waals surface area contributed by atoms with Crippen LogP contribution in [0.2, 0.25) is 0 Å². The normalized spacial score (nSPS) is 25.0. The minimum absolute atomic E-state index is 0.0958. The van der Waals surface area contributed by atoms with Crippen molar-refractivity contribution in [3.8, 4) is 11.1 Å². The predicted molar refractivity (Wildman–Crippen MR) is 111 cm³/mol. The van der Waals surface area contributed by atoms with Crippen molar-refractivity contribution in [2.24, 2.45) is 0 Å². The van der Waals surface area contributed by atoms with E-state index >= 15 is 0 Å². The largest absolute Gasteiger partial charge is 0.390 e. The lowest BCUT2D eigenvalue weighted by Crippen LogP contribution is -2.55. The van der Waals surface area contributed by atoms with Gasteiger partial charge in [0.25, 0.3) is 5.91 Å². The Kier molecular flexibility index (Phi) is 6.62. The molecule has 0 spiro atoms. The van der Waals surface area contributed by atoms with E-state index < -0.39 is 12.2 Å². The van der Waals surface area contributed by atoms with Gasteiger partial charge in [-0.3, -0.25) is 4.79 Å². The molecule has 0 aliphatic carbocycles. The second kappa shape index (κ2) is 9.15. The molecule has 1 amide bonds. The Bertz CT molecular complexity index is 832. The first-order valence-electron chi connectivity index (χ1n) is 9.68. The Morgan fingerprint density at radius 3 is 2.64 bits per heavy atom. The average Bonchev–Trinajstić information content (AvgIpc) is 2.71. The van der Waals surface area contributed by atoms with Crippen molar-refractivity contribution in [3.05, 3.63) is 71.8 Å². The maximum absolute atomic E-state index is 11.8. The van der Waals surface area contributed by atoms with Crippen molar-refractivity contribution < 1.29 is 15.0 Å². The Morgan fingerprint density at radius 2 is 1.93 bits per heavy atom. The van der Waals surface area contributed by atoms with Crippen LogP contribution in [-0.2, 0) is 6.42 Å². The van der Waals surface area contributed by atoms with Crippen LogP contribution >= 0.6 is 0 Å². The zero-order valence-electron chi connectivity index (χ0n) is 16.3. The molecule has 1 heterocycles. The summed E-state index contributed by atoms with van der Waals surface area (Å²) in [6, 6.07) is 15.7. The average molecular weight is 380 g/mol. The highest BCUT2D eigenvalue weighted by molar-refractivity contribution is 5.95. The van der Waals surface area contributed by atoms with Gasteiger partial charge in [-0.15, -0.1) is 0 Å². The number of piperidine rings is 1. The predicted octanol–water partition coefficient (Wildman–Crippen LogP) is 2.28. The van der Waals surface area contributed by atoms with Gasteiger partial charge in [0, 0.05) is 18.7 Å². The van der Waals surface area contributed by atoms with Crippen molar-refractivity contribution in [1.29, 1.82) is 0 Å². The molecule has 2 aromatic carbocycles. The highest BCUT2D eigenvalue weighted by Crippen LogP contribution is 2.22. The maximum Gasteiger partial charge on any atom is 0.251 e. The number of aliphatic hydroxyl groups excluding tert-OH is 2. The molecule has 0 aromatic heterocycles. The van der Waals surface area contributed by atoms with Crippen molar-refractivity contribution in [2.75, 3.05) is 7.05 Å². The minimum atomic E-state index is -0.776. The number of nitrogens with one attached hydrogen (secondary N) is 2. The first-order valence-corrected chi connectivity index (χ1v) is 9.68. The standard InChI is InChI=1S/C23H28N2O3/c1-15-13-21(26)22(27)20(25-15)8-3-5-16-9-11-17(12-10-16)18-6-4-7-19(14-18)23(28)24-2/h3-4,6-12,14-15,20-22,25-27H,5,13H2,1-2H3,(H,24,28). The minimum Gasteiger partial charge on any atom is -0.390 e. The third kappa shape index (κ3) is 4.87. The van der Waals surface area contributed by atoms with Crippen molar-refractivity contribution in [1.82, 2.24) is 10.6 Å². The Balaban J connectivity index is 1.64. The van der Waals surface area contributed by atoms with Crippen molar-refractivity contribution in [3.63, 3.8) is 0 Å². The topological polar surface area (TPSA) is 81.6 Å². The zero-order valence-corrected chi connectivity index (χ0v) is 16.3. The molecule has 148 valence electrons. The molecule has 0 radical (unpaired) electrons. The molecule has 5 heteroatoms. The molecule has 5 nitrogen and oxygen atoms in total. The summed E-state index contributed by atoms with van der Waals surface area (Å²) in [4.78, 5) is 11.8. The van der Waals surface area contributed by atoms with E-state index in [1.54, 1.807) is 13.1 Å². The van der Waals surface area contributed by atoms with E-state index in [0.29, 0.717) is 12.0 Å². The smallest absolute Gasteiger partial charge is 0.251 e. The number of carbonyl (C=O) groups is 1. The van der Waals surface area contributed by atoms with E-state index in [4.69, 9.17) is 0 Å². The third-order valence-electron chi connectivity index (χ3n) is 5.17. The van der Waals surface area contributed by atoms with Crippen LogP contribution in [0, 0.1) is 0 Å². The van der Waals surface area contributed by atoms with Gasteiger partial charge in [0.1, 0.15) is 0 Å². The lowest BCUT2D eigenvalue weighted by atomic mass is 9.93. The van der Waals surface area contributed by atoms with Gasteiger partial charge in [-0.25, -0.2) is 0 Å². The molecule has 1 fully saturated rings. The summed E-state index contributed by atoms with van der Waals surface area (Å²) in [5, 5.41) is 25.9. The molecular formula is C23H28N2O3. The Morgan fingerprint density at radius 1 is 1.18 bits per heavy atom. The number of carbonyl (C=O) groups excluding carboxylic acids is 1. The van der Waals surface area contributed by atoms with Gasteiger partial charge >= 0.3 is 0 Å². The molecule has 2 aromatic rings. The fourth-order valence-corrected chi connectivity index (χ4v) is 3.57. The third-order valence-corrected chi connectivity index (χ3v) is 5.17. The van der Waals surface area contributed by atoms with Crippen LogP contribution in [0.3, 0.4) is 0 Å². The molecule has 28 heavy (non-hydrogen) atoms. The Hall–Kier alpha value is -2.47. The van der Waals surface area contributed by atoms with Gasteiger partial charge in [0.05, 0.1) is 18.2 Å². The number of amides is 1. The van der Waals surface area contributed by atoms with E-state index in [1.165, 1.54) is 0 Å². The summed E-state index contributed by atoms with van der Waals surface area (Å²) in [7, 11) is 1.63. The van der Waals surface area contributed by atoms with Crippen molar-refractivity contribution in [2.45, 2.75) is 44.1 Å². The highest BCUT2D eigenvalue weighted by Gasteiger charge is 2.31. The van der Waals surface area contributed by atoms with E-state index in [0.717, 1.165) is 23.1 Å². The van der Waals surface area contributed by atoms with Crippen LogP contribution in [0.15, 0.2) is 60.7 Å². The monoisotopic (exact) mass is 380 g/mol. The molecule has 4 atom stereocenters. The van der Waals surface area contributed by atoms with Gasteiger partial charge in [0.2, 0.25) is 0 Å². The molecule has 0 bridgehead atoms. The van der Waals surface area contributed by atoms with Crippen LogP contribution in [0.25, 0.3) is 11.1 Å². The number of aliphatic hydroxyl groups is 2. The van der Waals surface area contributed by atoms with Gasteiger partial charge in [-0.2, -0.15) is 0 Å². The van der Waals surface area contributed by atoms with Crippen molar-refractivity contribution >= 4 is 5.91 Å². The molecular weight excluding hydrogens is 352 g/mol. The summed E-state index contributed by atoms with van der Waals surface area (Å²) in [6.07, 6.45) is 3.80. The zero-order chi connectivity index (χ0) is 20.1. The highest BCUT2D eigenvalue weighted by atomic mass is 16.3. The summed E-state index contributed by atoms with van der Waals surface area (Å²) in [5.74, 6) is -0.0958. The van der Waals surface area contributed by atoms with E-state index in [-0.39, 0.29) is 18.0 Å². The fraction of sp³-hybridized carbons (Fsp3) is 0.348. The van der Waals surface area contributed by atoms with Gasteiger partial charge in [-0.05, 0) is 48.6 Å². The summed E-state index contributed by atoms with van der Waals surface area (Å²) < 4.78 is 0. The summed E-state index contributed by atoms with van der Waals surface area (Å²) in [5.41, 5.74) is 3.85. The number of benzene rings is 2. The molecule has 0 saturated carbocycles. The SMILES string of the molecule is CNC(=O)c1cccc(-c2ccc(CC=CC3NC(C)CC(O)C3O)cc2)c1. The number of allylic oxidation sites excluding steroid dienone is 1. The van der Waals surface area contributed by atoms with Gasteiger partial charge in [-0.1, -0.05) is 48.6 Å². The summed E-state index contributed by atoms with van der Waals surface area (Å²) in [6.45, 7) is 2.01. The van der Waals surface area contributed by atoms with Crippen LogP contribution in [0.1, 0.15) is 29.3 Å². The van der Waals surface area contributed by atoms with Gasteiger partial charge < -0.3 is 20.8 Å². The fourth-order valence-electron chi connectivity index (χ4n) is 3.57. The molecule has 1 aliphatic rings. The molecule has 4 N–H and O–H groups in total. The van der Waals surface area contributed by atoms with Crippen LogP contribution in [0.5, 0.6) is 0 Å². The van der Waals surface area contributed by atoms with Crippen LogP contribution in [-0.4, -0.2) is 47.5 Å². The molecule has 3 rings (SSSR count). The quantitative estimate of drug-likeness (QED) is 0.600. The van der Waals surface area contributed by atoms with E-state index in [9.17, 15) is 15.0 Å². The second-order valence-corrected chi connectivity index (χ2v) is 7.38. The molecule has 4 unspecified atom stereocenters. The first-order chi connectivity index (χ1) is 13.5. The van der Waals surface area contributed by atoms with Crippen LogP contribution < -0.4 is 10.6 Å². The maximum atomic E-state index is 11.8. The first kappa shape index (κ1) is 20.3.